The number of rotatable bonds is 3. The fourth-order valence-corrected chi connectivity index (χ4v) is 2.28. The Kier molecular flexibility index (Phi) is 5.30. The Hall–Kier alpha value is -1.40. The first-order valence-electron chi connectivity index (χ1n) is 5.80. The lowest BCUT2D eigenvalue weighted by molar-refractivity contribution is -0.384. The highest BCUT2D eigenvalue weighted by molar-refractivity contribution is 5.85. The Bertz CT molecular complexity index is 416. The average molecular weight is 273 g/mol. The van der Waals surface area contributed by atoms with Crippen LogP contribution in [0.2, 0.25) is 0 Å². The summed E-state index contributed by atoms with van der Waals surface area (Å²) in [6.07, 6.45) is 4.72. The first-order valence-corrected chi connectivity index (χ1v) is 5.80. The summed E-state index contributed by atoms with van der Waals surface area (Å²) < 4.78 is 0. The molecule has 0 radical (unpaired) electrons. The van der Waals surface area contributed by atoms with E-state index in [1.807, 2.05) is 4.90 Å². The number of hydrogen-bond acceptors (Lipinski definition) is 5. The van der Waals surface area contributed by atoms with Gasteiger partial charge in [-0.3, -0.25) is 10.1 Å². The molecule has 1 saturated heterocycles. The van der Waals surface area contributed by atoms with Gasteiger partial charge in [0.2, 0.25) is 5.82 Å². The van der Waals surface area contributed by atoms with Crippen molar-refractivity contribution in [2.45, 2.75) is 25.3 Å². The molecule has 0 amide bonds. The maximum absolute atomic E-state index is 11.0. The lowest BCUT2D eigenvalue weighted by Crippen LogP contribution is -2.44. The second kappa shape index (κ2) is 6.51. The molecule has 1 atom stereocenters. The number of nitro groups is 1. The first kappa shape index (κ1) is 14.7. The number of nitrogens with two attached hydrogens (primary N) is 1. The number of aromatic nitrogens is 1. The molecule has 0 saturated carbocycles. The van der Waals surface area contributed by atoms with Crippen molar-refractivity contribution in [2.75, 3.05) is 18.0 Å². The average Bonchev–Trinajstić information content (AvgIpc) is 2.38. The number of anilines is 1. The second-order valence-corrected chi connectivity index (χ2v) is 4.18. The summed E-state index contributed by atoms with van der Waals surface area (Å²) in [4.78, 5) is 16.7. The lowest BCUT2D eigenvalue weighted by Gasteiger charge is -2.35. The first-order chi connectivity index (χ1) is 8.24. The molecule has 1 fully saturated rings. The number of nitrogens with zero attached hydrogens (tertiary/aromatic N) is 3. The Balaban J connectivity index is 0.00000162. The van der Waals surface area contributed by atoms with E-state index in [1.165, 1.54) is 6.07 Å². The van der Waals surface area contributed by atoms with E-state index in [1.54, 1.807) is 12.3 Å². The van der Waals surface area contributed by atoms with Gasteiger partial charge in [0, 0.05) is 31.4 Å². The monoisotopic (exact) mass is 272 g/mol. The molecule has 0 spiro atoms. The van der Waals surface area contributed by atoms with Crippen molar-refractivity contribution in [1.29, 1.82) is 0 Å². The van der Waals surface area contributed by atoms with Gasteiger partial charge in [0.05, 0.1) is 4.92 Å². The van der Waals surface area contributed by atoms with Crippen LogP contribution in [-0.2, 0) is 0 Å². The van der Waals surface area contributed by atoms with E-state index in [4.69, 9.17) is 5.73 Å². The van der Waals surface area contributed by atoms with Gasteiger partial charge < -0.3 is 10.6 Å². The van der Waals surface area contributed by atoms with Crippen LogP contribution in [0, 0.1) is 10.1 Å². The third-order valence-corrected chi connectivity index (χ3v) is 3.13. The number of piperidine rings is 1. The third-order valence-electron chi connectivity index (χ3n) is 3.13. The van der Waals surface area contributed by atoms with Crippen molar-refractivity contribution < 1.29 is 4.92 Å². The van der Waals surface area contributed by atoms with Gasteiger partial charge in [-0.05, 0) is 25.3 Å². The van der Waals surface area contributed by atoms with Crippen LogP contribution < -0.4 is 10.6 Å². The molecule has 6 nitrogen and oxygen atoms in total. The van der Waals surface area contributed by atoms with Crippen LogP contribution in [0.3, 0.4) is 0 Å². The van der Waals surface area contributed by atoms with Crippen molar-refractivity contribution in [1.82, 2.24) is 4.98 Å². The van der Waals surface area contributed by atoms with Gasteiger partial charge in [0.15, 0.2) is 0 Å². The predicted octanol–water partition coefficient (Wildman–Crippen LogP) is 1.73. The molecule has 7 heteroatoms. The molecule has 2 heterocycles. The highest BCUT2D eigenvalue weighted by Gasteiger charge is 2.27. The minimum atomic E-state index is -0.384. The molecule has 1 unspecified atom stereocenters. The van der Waals surface area contributed by atoms with Gasteiger partial charge >= 0.3 is 5.69 Å². The van der Waals surface area contributed by atoms with Crippen LogP contribution >= 0.6 is 12.4 Å². The summed E-state index contributed by atoms with van der Waals surface area (Å²) in [5.41, 5.74) is 5.78. The molecule has 1 aliphatic rings. The molecular formula is C11H17ClN4O2. The van der Waals surface area contributed by atoms with Crippen LogP contribution in [0.15, 0.2) is 18.3 Å². The van der Waals surface area contributed by atoms with Crippen molar-refractivity contribution in [3.63, 3.8) is 0 Å². The molecule has 1 aromatic heterocycles. The minimum Gasteiger partial charge on any atom is -0.347 e. The van der Waals surface area contributed by atoms with Crippen molar-refractivity contribution in [3.8, 4) is 0 Å². The molecular weight excluding hydrogens is 256 g/mol. The highest BCUT2D eigenvalue weighted by atomic mass is 35.5. The fourth-order valence-electron chi connectivity index (χ4n) is 2.28. The summed E-state index contributed by atoms with van der Waals surface area (Å²) in [6.45, 7) is 1.30. The summed E-state index contributed by atoms with van der Waals surface area (Å²) in [6, 6.07) is 3.24. The summed E-state index contributed by atoms with van der Waals surface area (Å²) in [7, 11) is 0. The maximum atomic E-state index is 11.0. The van der Waals surface area contributed by atoms with E-state index >= 15 is 0 Å². The lowest BCUT2D eigenvalue weighted by atomic mass is 10.0. The van der Waals surface area contributed by atoms with Gasteiger partial charge in [0.25, 0.3) is 0 Å². The molecule has 2 rings (SSSR count). The van der Waals surface area contributed by atoms with Crippen molar-refractivity contribution in [2.24, 2.45) is 5.73 Å². The van der Waals surface area contributed by atoms with Crippen LogP contribution in [-0.4, -0.2) is 29.0 Å². The zero-order valence-corrected chi connectivity index (χ0v) is 10.8. The number of pyridine rings is 1. The molecule has 0 aromatic carbocycles. The zero-order chi connectivity index (χ0) is 12.3. The molecule has 1 aliphatic heterocycles. The van der Waals surface area contributed by atoms with Gasteiger partial charge in [-0.25, -0.2) is 4.98 Å². The summed E-state index contributed by atoms with van der Waals surface area (Å²) in [5.74, 6) is 0.452. The van der Waals surface area contributed by atoms with Crippen LogP contribution in [0.25, 0.3) is 0 Å². The molecule has 100 valence electrons. The number of halogens is 1. The van der Waals surface area contributed by atoms with Crippen LogP contribution in [0.1, 0.15) is 19.3 Å². The largest absolute Gasteiger partial charge is 0.347 e. The van der Waals surface area contributed by atoms with E-state index < -0.39 is 0 Å². The molecule has 0 bridgehead atoms. The second-order valence-electron chi connectivity index (χ2n) is 4.18. The zero-order valence-electron chi connectivity index (χ0n) is 9.99. The predicted molar refractivity (Wildman–Crippen MR) is 72.2 cm³/mol. The fraction of sp³-hybridized carbons (Fsp3) is 0.545. The van der Waals surface area contributed by atoms with E-state index in [-0.39, 0.29) is 29.1 Å². The van der Waals surface area contributed by atoms with Crippen LogP contribution in [0.5, 0.6) is 0 Å². The Morgan fingerprint density at radius 2 is 2.33 bits per heavy atom. The van der Waals surface area contributed by atoms with Gasteiger partial charge in [-0.2, -0.15) is 0 Å². The normalized spacial score (nSPS) is 19.2. The van der Waals surface area contributed by atoms with Crippen molar-refractivity contribution >= 4 is 23.9 Å². The Labute approximate surface area is 112 Å². The maximum Gasteiger partial charge on any atom is 0.311 e. The standard InChI is InChI=1S/C11H16N4O2.ClH/c12-8-9-4-1-2-7-14(9)11-10(15(16)17)5-3-6-13-11;/h3,5-6,9H,1-2,4,7-8,12H2;1H. The van der Waals surface area contributed by atoms with Gasteiger partial charge in [-0.15, -0.1) is 12.4 Å². The smallest absolute Gasteiger partial charge is 0.311 e. The number of hydrogen-bond donors (Lipinski definition) is 1. The van der Waals surface area contributed by atoms with Crippen LogP contribution in [0.4, 0.5) is 11.5 Å². The summed E-state index contributed by atoms with van der Waals surface area (Å²) in [5, 5.41) is 11.0. The van der Waals surface area contributed by atoms with Gasteiger partial charge in [0.1, 0.15) is 0 Å². The van der Waals surface area contributed by atoms with E-state index in [9.17, 15) is 10.1 Å². The quantitative estimate of drug-likeness (QED) is 0.669. The minimum absolute atomic E-state index is 0. The van der Waals surface area contributed by atoms with Crippen molar-refractivity contribution in [3.05, 3.63) is 28.4 Å². The topological polar surface area (TPSA) is 85.3 Å². The third kappa shape index (κ3) is 2.88. The molecule has 18 heavy (non-hydrogen) atoms. The van der Waals surface area contributed by atoms with E-state index in [2.05, 4.69) is 4.98 Å². The van der Waals surface area contributed by atoms with E-state index in [0.717, 1.165) is 25.8 Å². The van der Waals surface area contributed by atoms with E-state index in [0.29, 0.717) is 12.4 Å². The molecule has 2 N–H and O–H groups in total. The SMILES string of the molecule is Cl.NCC1CCCCN1c1ncccc1[N+](=O)[O-]. The molecule has 1 aromatic rings. The van der Waals surface area contributed by atoms with Gasteiger partial charge in [-0.1, -0.05) is 0 Å². The Morgan fingerprint density at radius 3 is 3.00 bits per heavy atom. The Morgan fingerprint density at radius 1 is 1.56 bits per heavy atom. The molecule has 0 aliphatic carbocycles. The summed E-state index contributed by atoms with van der Waals surface area (Å²) >= 11 is 0. The highest BCUT2D eigenvalue weighted by Crippen LogP contribution is 2.29.